The van der Waals surface area contributed by atoms with Crippen LogP contribution in [-0.2, 0) is 4.79 Å². The monoisotopic (exact) mass is 330 g/mol. The minimum absolute atomic E-state index is 0.0168. The van der Waals surface area contributed by atoms with Gasteiger partial charge in [0.25, 0.3) is 11.8 Å². The van der Waals surface area contributed by atoms with Crippen LogP contribution in [0.5, 0.6) is 5.75 Å². The summed E-state index contributed by atoms with van der Waals surface area (Å²) in [5.74, 6) is 0.509. The van der Waals surface area contributed by atoms with Gasteiger partial charge in [0.15, 0.2) is 6.61 Å². The Hall–Kier alpha value is -2.74. The molecule has 0 aliphatic heterocycles. The van der Waals surface area contributed by atoms with E-state index in [0.29, 0.717) is 11.4 Å². The van der Waals surface area contributed by atoms with Crippen molar-refractivity contribution in [1.29, 1.82) is 0 Å². The molecule has 23 heavy (non-hydrogen) atoms. The smallest absolute Gasteiger partial charge is 0.322 e. The van der Waals surface area contributed by atoms with Crippen LogP contribution >= 0.6 is 11.3 Å². The first-order chi connectivity index (χ1) is 11.1. The number of ether oxygens (including phenoxy) is 1. The molecule has 7 nitrogen and oxygen atoms in total. The topological polar surface area (TPSA) is 90.1 Å². The SMILES string of the molecule is Cc1ccc(OCC(=O)Nc2nnc(-c3csc(C)n3)o2)cc1. The summed E-state index contributed by atoms with van der Waals surface area (Å²) in [5, 5.41) is 12.8. The van der Waals surface area contributed by atoms with Crippen LogP contribution in [0.2, 0.25) is 0 Å². The summed E-state index contributed by atoms with van der Waals surface area (Å²) < 4.78 is 10.7. The minimum Gasteiger partial charge on any atom is -0.484 e. The fourth-order valence-corrected chi connectivity index (χ4v) is 2.36. The van der Waals surface area contributed by atoms with Crippen molar-refractivity contribution in [2.75, 3.05) is 11.9 Å². The number of nitrogens with one attached hydrogen (secondary N) is 1. The van der Waals surface area contributed by atoms with Gasteiger partial charge in [-0.3, -0.25) is 10.1 Å². The minimum atomic E-state index is -0.379. The summed E-state index contributed by atoms with van der Waals surface area (Å²) in [6.45, 7) is 3.72. The van der Waals surface area contributed by atoms with Crippen molar-refractivity contribution in [3.63, 3.8) is 0 Å². The van der Waals surface area contributed by atoms with Crippen LogP contribution in [0.1, 0.15) is 10.6 Å². The van der Waals surface area contributed by atoms with Crippen LogP contribution < -0.4 is 10.1 Å². The van der Waals surface area contributed by atoms with Crippen molar-refractivity contribution >= 4 is 23.3 Å². The highest BCUT2D eigenvalue weighted by Crippen LogP contribution is 2.21. The average Bonchev–Trinajstić information content (AvgIpc) is 3.16. The standard InChI is InChI=1S/C15H14N4O3S/c1-9-3-5-11(6-4-9)21-7-13(20)17-15-19-18-14(22-15)12-8-23-10(2)16-12/h3-6,8H,7H2,1-2H3,(H,17,19,20). The largest absolute Gasteiger partial charge is 0.484 e. The van der Waals surface area contributed by atoms with E-state index in [9.17, 15) is 4.79 Å². The van der Waals surface area contributed by atoms with E-state index in [1.807, 2.05) is 31.4 Å². The molecule has 0 saturated heterocycles. The van der Waals surface area contributed by atoms with Crippen LogP contribution in [0.25, 0.3) is 11.6 Å². The number of amides is 1. The fraction of sp³-hybridized carbons (Fsp3) is 0.200. The number of hydrogen-bond acceptors (Lipinski definition) is 7. The molecule has 2 heterocycles. The lowest BCUT2D eigenvalue weighted by Crippen LogP contribution is -2.20. The van der Waals surface area contributed by atoms with Crippen molar-refractivity contribution in [2.24, 2.45) is 0 Å². The molecule has 3 aromatic rings. The van der Waals surface area contributed by atoms with E-state index in [0.717, 1.165) is 10.6 Å². The Morgan fingerprint density at radius 1 is 1.26 bits per heavy atom. The van der Waals surface area contributed by atoms with Gasteiger partial charge in [-0.1, -0.05) is 22.8 Å². The van der Waals surface area contributed by atoms with Crippen molar-refractivity contribution in [2.45, 2.75) is 13.8 Å². The molecule has 0 spiro atoms. The molecule has 118 valence electrons. The molecular weight excluding hydrogens is 316 g/mol. The van der Waals surface area contributed by atoms with Crippen LogP contribution in [0.4, 0.5) is 6.01 Å². The van der Waals surface area contributed by atoms with E-state index in [1.54, 1.807) is 12.1 Å². The number of anilines is 1. The summed E-state index contributed by atoms with van der Waals surface area (Å²) >= 11 is 1.48. The molecule has 0 aliphatic carbocycles. The van der Waals surface area contributed by atoms with Gasteiger partial charge in [0.2, 0.25) is 0 Å². The number of carbonyl (C=O) groups is 1. The van der Waals surface area contributed by atoms with Gasteiger partial charge in [-0.25, -0.2) is 4.98 Å². The molecule has 1 aromatic carbocycles. The van der Waals surface area contributed by atoms with Gasteiger partial charge in [-0.15, -0.1) is 16.4 Å². The van der Waals surface area contributed by atoms with E-state index in [-0.39, 0.29) is 24.4 Å². The summed E-state index contributed by atoms with van der Waals surface area (Å²) in [6, 6.07) is 7.44. The maximum absolute atomic E-state index is 11.8. The molecule has 3 rings (SSSR count). The molecule has 8 heteroatoms. The number of rotatable bonds is 5. The number of nitrogens with zero attached hydrogens (tertiary/aromatic N) is 3. The highest BCUT2D eigenvalue weighted by atomic mass is 32.1. The molecule has 2 aromatic heterocycles. The van der Waals surface area contributed by atoms with Gasteiger partial charge < -0.3 is 9.15 Å². The first-order valence-electron chi connectivity index (χ1n) is 6.85. The van der Waals surface area contributed by atoms with Crippen LogP contribution in [0, 0.1) is 13.8 Å². The Morgan fingerprint density at radius 3 is 2.74 bits per heavy atom. The Labute approximate surface area is 136 Å². The van der Waals surface area contributed by atoms with Gasteiger partial charge in [-0.2, -0.15) is 0 Å². The molecule has 0 bridgehead atoms. The third-order valence-electron chi connectivity index (χ3n) is 2.90. The third kappa shape index (κ3) is 3.92. The lowest BCUT2D eigenvalue weighted by Gasteiger charge is -2.05. The summed E-state index contributed by atoms with van der Waals surface area (Å²) in [4.78, 5) is 16.1. The Bertz CT molecular complexity index is 810. The summed E-state index contributed by atoms with van der Waals surface area (Å²) in [7, 11) is 0. The normalized spacial score (nSPS) is 10.5. The maximum Gasteiger partial charge on any atom is 0.322 e. The molecule has 0 saturated carbocycles. The van der Waals surface area contributed by atoms with Crippen molar-refractivity contribution in [3.05, 3.63) is 40.2 Å². The predicted molar refractivity (Wildman–Crippen MR) is 85.4 cm³/mol. The Kier molecular flexibility index (Phi) is 4.33. The number of benzene rings is 1. The zero-order valence-corrected chi connectivity index (χ0v) is 13.4. The highest BCUT2D eigenvalue weighted by Gasteiger charge is 2.13. The second-order valence-corrected chi connectivity index (χ2v) is 5.88. The maximum atomic E-state index is 11.8. The number of hydrogen-bond donors (Lipinski definition) is 1. The van der Waals surface area contributed by atoms with Crippen molar-refractivity contribution in [3.8, 4) is 17.3 Å². The number of thiazole rings is 1. The van der Waals surface area contributed by atoms with Gasteiger partial charge in [0.1, 0.15) is 11.4 Å². The van der Waals surface area contributed by atoms with E-state index < -0.39 is 0 Å². The van der Waals surface area contributed by atoms with E-state index in [2.05, 4.69) is 20.5 Å². The molecule has 0 unspecified atom stereocenters. The molecule has 1 N–H and O–H groups in total. The average molecular weight is 330 g/mol. The summed E-state index contributed by atoms with van der Waals surface area (Å²) in [6.07, 6.45) is 0. The molecule has 0 aliphatic rings. The number of aryl methyl sites for hydroxylation is 2. The molecule has 0 atom stereocenters. The van der Waals surface area contributed by atoms with Gasteiger partial charge in [0, 0.05) is 5.38 Å². The second-order valence-electron chi connectivity index (χ2n) is 4.81. The zero-order valence-electron chi connectivity index (χ0n) is 12.6. The zero-order chi connectivity index (χ0) is 16.2. The van der Waals surface area contributed by atoms with E-state index in [4.69, 9.17) is 9.15 Å². The predicted octanol–water partition coefficient (Wildman–Crippen LogP) is 2.83. The molecule has 0 fully saturated rings. The highest BCUT2D eigenvalue weighted by molar-refractivity contribution is 7.09. The number of aromatic nitrogens is 3. The first-order valence-corrected chi connectivity index (χ1v) is 7.73. The lowest BCUT2D eigenvalue weighted by atomic mass is 10.2. The third-order valence-corrected chi connectivity index (χ3v) is 3.67. The first kappa shape index (κ1) is 15.2. The molecular formula is C15H14N4O3S. The van der Waals surface area contributed by atoms with Crippen molar-refractivity contribution < 1.29 is 13.9 Å². The second kappa shape index (κ2) is 6.57. The number of carbonyl (C=O) groups excluding carboxylic acids is 1. The van der Waals surface area contributed by atoms with Crippen LogP contribution in [0.3, 0.4) is 0 Å². The molecule has 0 radical (unpaired) electrons. The summed E-state index contributed by atoms with van der Waals surface area (Å²) in [5.41, 5.74) is 1.72. The van der Waals surface area contributed by atoms with E-state index in [1.165, 1.54) is 11.3 Å². The van der Waals surface area contributed by atoms with Gasteiger partial charge in [-0.05, 0) is 26.0 Å². The van der Waals surface area contributed by atoms with Crippen LogP contribution in [0.15, 0.2) is 34.1 Å². The van der Waals surface area contributed by atoms with E-state index >= 15 is 0 Å². The fourth-order valence-electron chi connectivity index (χ4n) is 1.78. The van der Waals surface area contributed by atoms with Gasteiger partial charge >= 0.3 is 6.01 Å². The molecule has 1 amide bonds. The quantitative estimate of drug-likeness (QED) is 0.773. The van der Waals surface area contributed by atoms with Crippen molar-refractivity contribution in [1.82, 2.24) is 15.2 Å². The Balaban J connectivity index is 1.56. The Morgan fingerprint density at radius 2 is 2.04 bits per heavy atom. The lowest BCUT2D eigenvalue weighted by molar-refractivity contribution is -0.118. The van der Waals surface area contributed by atoms with Gasteiger partial charge in [0.05, 0.1) is 5.01 Å². The van der Waals surface area contributed by atoms with Crippen LogP contribution in [-0.4, -0.2) is 27.7 Å².